The first-order chi connectivity index (χ1) is 14.9. The van der Waals surface area contributed by atoms with Gasteiger partial charge in [-0.15, -0.1) is 0 Å². The van der Waals surface area contributed by atoms with Crippen molar-refractivity contribution in [1.29, 1.82) is 0 Å². The van der Waals surface area contributed by atoms with Crippen molar-refractivity contribution in [2.24, 2.45) is 0 Å². The molecule has 2 aliphatic rings. The minimum atomic E-state index is -4.42. The summed E-state index contributed by atoms with van der Waals surface area (Å²) in [6, 6.07) is 4.99. The number of imide groups is 1. The van der Waals surface area contributed by atoms with Gasteiger partial charge >= 0.3 is 12.2 Å². The molecule has 0 radical (unpaired) electrons. The normalized spacial score (nSPS) is 23.0. The Labute approximate surface area is 183 Å². The molecule has 1 aromatic carbocycles. The van der Waals surface area contributed by atoms with Gasteiger partial charge in [-0.2, -0.15) is 13.2 Å². The van der Waals surface area contributed by atoms with E-state index in [0.717, 1.165) is 0 Å². The van der Waals surface area contributed by atoms with Crippen molar-refractivity contribution in [1.82, 2.24) is 14.9 Å². The van der Waals surface area contributed by atoms with Gasteiger partial charge in [0, 0.05) is 13.1 Å². The van der Waals surface area contributed by atoms with E-state index >= 15 is 0 Å². The quantitative estimate of drug-likeness (QED) is 0.550. The Morgan fingerprint density at radius 1 is 1.12 bits per heavy atom. The van der Waals surface area contributed by atoms with E-state index in [2.05, 4.69) is 15.4 Å². The maximum atomic E-state index is 12.9. The Kier molecular flexibility index (Phi) is 6.89. The number of hydrogen-bond donors (Lipinski definition) is 2. The molecule has 3 amide bonds. The first-order valence-electron chi connectivity index (χ1n) is 10.0. The van der Waals surface area contributed by atoms with Gasteiger partial charge < -0.3 is 14.8 Å². The first-order valence-corrected chi connectivity index (χ1v) is 11.6. The molecule has 2 heterocycles. The molecule has 9 nitrogen and oxygen atoms in total. The van der Waals surface area contributed by atoms with Crippen LogP contribution in [0.1, 0.15) is 26.2 Å². The molecule has 2 saturated heterocycles. The number of amides is 3. The number of rotatable bonds is 8. The Balaban J connectivity index is 1.52. The summed E-state index contributed by atoms with van der Waals surface area (Å²) in [5, 5.41) is 4.50. The minimum Gasteiger partial charge on any atom is -0.490 e. The third kappa shape index (κ3) is 5.82. The van der Waals surface area contributed by atoms with Crippen molar-refractivity contribution in [2.45, 2.75) is 44.0 Å². The maximum absolute atomic E-state index is 12.9. The minimum absolute atomic E-state index is 0.0588. The largest absolute Gasteiger partial charge is 0.490 e. The smallest absolute Gasteiger partial charge is 0.422 e. The predicted octanol–water partition coefficient (Wildman–Crippen LogP) is 1.79. The number of urea groups is 1. The van der Waals surface area contributed by atoms with Crippen LogP contribution >= 0.6 is 0 Å². The van der Waals surface area contributed by atoms with Gasteiger partial charge in [0.1, 0.15) is 23.1 Å². The zero-order chi connectivity index (χ0) is 23.6. The molecule has 0 spiro atoms. The van der Waals surface area contributed by atoms with Gasteiger partial charge in [0.2, 0.25) is 10.0 Å². The van der Waals surface area contributed by atoms with Crippen LogP contribution in [-0.4, -0.2) is 67.9 Å². The second kappa shape index (κ2) is 9.14. The van der Waals surface area contributed by atoms with Gasteiger partial charge in [0.15, 0.2) is 6.61 Å². The van der Waals surface area contributed by atoms with Crippen LogP contribution in [0.2, 0.25) is 0 Å². The van der Waals surface area contributed by atoms with Gasteiger partial charge in [-0.3, -0.25) is 10.1 Å². The van der Waals surface area contributed by atoms with Crippen LogP contribution in [-0.2, 0) is 14.8 Å². The maximum Gasteiger partial charge on any atom is 0.422 e. The lowest BCUT2D eigenvalue weighted by Gasteiger charge is -2.34. The van der Waals surface area contributed by atoms with Crippen molar-refractivity contribution in [3.8, 4) is 11.5 Å². The number of piperidine rings is 1. The summed E-state index contributed by atoms with van der Waals surface area (Å²) in [7, 11) is -3.82. The molecule has 1 atom stereocenters. The van der Waals surface area contributed by atoms with Crippen molar-refractivity contribution in [2.75, 3.05) is 25.4 Å². The number of carbonyl (C=O) groups excluding carboxylic acids is 2. The van der Waals surface area contributed by atoms with E-state index in [9.17, 15) is 31.2 Å². The predicted molar refractivity (Wildman–Crippen MR) is 107 cm³/mol. The summed E-state index contributed by atoms with van der Waals surface area (Å²) in [5.74, 6) is -0.696. The zero-order valence-corrected chi connectivity index (χ0v) is 18.1. The SMILES string of the molecule is CCC1(CS(=O)(=O)N2CCC(Oc3ccc(OCC(F)(F)F)cc3)CC2)NC(=O)NC1=O. The summed E-state index contributed by atoms with van der Waals surface area (Å²) in [4.78, 5) is 23.6. The third-order valence-electron chi connectivity index (χ3n) is 5.37. The van der Waals surface area contributed by atoms with E-state index in [-0.39, 0.29) is 31.4 Å². The fourth-order valence-electron chi connectivity index (χ4n) is 3.58. The lowest BCUT2D eigenvalue weighted by Crippen LogP contribution is -2.55. The zero-order valence-electron chi connectivity index (χ0n) is 17.3. The first kappa shape index (κ1) is 24.1. The van der Waals surface area contributed by atoms with Crippen LogP contribution in [0.4, 0.5) is 18.0 Å². The number of alkyl halides is 3. The second-order valence-corrected chi connectivity index (χ2v) is 9.66. The summed E-state index contributed by atoms with van der Waals surface area (Å²) in [6.07, 6.45) is -3.79. The van der Waals surface area contributed by atoms with Gasteiger partial charge in [0.25, 0.3) is 5.91 Å². The summed E-state index contributed by atoms with van der Waals surface area (Å²) < 4.78 is 74.0. The lowest BCUT2D eigenvalue weighted by atomic mass is 10.00. The molecular weight excluding hydrogens is 455 g/mol. The number of halogens is 3. The topological polar surface area (TPSA) is 114 Å². The van der Waals surface area contributed by atoms with E-state index < -0.39 is 46.0 Å². The second-order valence-electron chi connectivity index (χ2n) is 7.69. The number of nitrogens with zero attached hydrogens (tertiary/aromatic N) is 1. The Hall–Kier alpha value is -2.54. The highest BCUT2D eigenvalue weighted by atomic mass is 32.2. The van der Waals surface area contributed by atoms with Crippen molar-refractivity contribution in [3.05, 3.63) is 24.3 Å². The molecule has 1 aromatic rings. The van der Waals surface area contributed by atoms with Crippen LogP contribution in [0.3, 0.4) is 0 Å². The molecule has 0 aromatic heterocycles. The highest BCUT2D eigenvalue weighted by Gasteiger charge is 2.49. The van der Waals surface area contributed by atoms with E-state index in [1.165, 1.54) is 28.6 Å². The highest BCUT2D eigenvalue weighted by molar-refractivity contribution is 7.89. The number of benzene rings is 1. The van der Waals surface area contributed by atoms with Crippen molar-refractivity contribution < 1.29 is 40.7 Å². The molecule has 13 heteroatoms. The standard InChI is InChI=1S/C19H24F3N3O6S/c1-2-18(16(26)23-17(27)24-18)12-32(28,29)25-9-7-15(8-10-25)31-14-5-3-13(4-6-14)30-11-19(20,21)22/h3-6,15H,2,7-12H2,1H3,(H2,23,24,26,27). The molecular formula is C19H24F3N3O6S. The van der Waals surface area contributed by atoms with Crippen LogP contribution in [0.5, 0.6) is 11.5 Å². The van der Waals surface area contributed by atoms with Crippen LogP contribution in [0, 0.1) is 0 Å². The van der Waals surface area contributed by atoms with Gasteiger partial charge in [-0.05, 0) is 43.5 Å². The number of carbonyl (C=O) groups is 2. The third-order valence-corrected chi connectivity index (χ3v) is 7.38. The number of nitrogens with one attached hydrogen (secondary N) is 2. The summed E-state index contributed by atoms with van der Waals surface area (Å²) in [5.41, 5.74) is -1.49. The van der Waals surface area contributed by atoms with E-state index in [4.69, 9.17) is 4.74 Å². The van der Waals surface area contributed by atoms with Crippen LogP contribution < -0.4 is 20.1 Å². The average Bonchev–Trinajstić information content (AvgIpc) is 3.00. The molecule has 2 N–H and O–H groups in total. The molecule has 1 unspecified atom stereocenters. The van der Waals surface area contributed by atoms with Crippen molar-refractivity contribution >= 4 is 22.0 Å². The van der Waals surface area contributed by atoms with Crippen molar-refractivity contribution in [3.63, 3.8) is 0 Å². The average molecular weight is 479 g/mol. The lowest BCUT2D eigenvalue weighted by molar-refractivity contribution is -0.153. The molecule has 0 saturated carbocycles. The fourth-order valence-corrected chi connectivity index (χ4v) is 5.56. The number of ether oxygens (including phenoxy) is 2. The van der Waals surface area contributed by atoms with Crippen LogP contribution in [0.15, 0.2) is 24.3 Å². The van der Waals surface area contributed by atoms with E-state index in [0.29, 0.717) is 18.6 Å². The molecule has 0 bridgehead atoms. The van der Waals surface area contributed by atoms with Gasteiger partial charge in [0.05, 0.1) is 5.75 Å². The van der Waals surface area contributed by atoms with E-state index in [1.807, 2.05) is 0 Å². The Bertz CT molecular complexity index is 946. The Morgan fingerprint density at radius 2 is 1.72 bits per heavy atom. The monoisotopic (exact) mass is 479 g/mol. The Morgan fingerprint density at radius 3 is 2.22 bits per heavy atom. The van der Waals surface area contributed by atoms with E-state index in [1.54, 1.807) is 6.92 Å². The number of hydrogen-bond acceptors (Lipinski definition) is 6. The van der Waals surface area contributed by atoms with Gasteiger partial charge in [-0.1, -0.05) is 6.92 Å². The summed E-state index contributed by atoms with van der Waals surface area (Å²) in [6.45, 7) is 0.593. The molecule has 32 heavy (non-hydrogen) atoms. The summed E-state index contributed by atoms with van der Waals surface area (Å²) >= 11 is 0. The molecule has 2 fully saturated rings. The molecule has 0 aliphatic carbocycles. The van der Waals surface area contributed by atoms with Crippen LogP contribution in [0.25, 0.3) is 0 Å². The molecule has 178 valence electrons. The van der Waals surface area contributed by atoms with Gasteiger partial charge in [-0.25, -0.2) is 17.5 Å². The molecule has 2 aliphatic heterocycles. The number of sulfonamides is 1. The highest BCUT2D eigenvalue weighted by Crippen LogP contribution is 2.26. The molecule has 3 rings (SSSR count). The fraction of sp³-hybridized carbons (Fsp3) is 0.579.